The molecule has 6 nitrogen and oxygen atoms in total. The van der Waals surface area contributed by atoms with Gasteiger partial charge in [-0.25, -0.2) is 0 Å². The summed E-state index contributed by atoms with van der Waals surface area (Å²) in [7, 11) is 0. The summed E-state index contributed by atoms with van der Waals surface area (Å²) in [6.07, 6.45) is 10.3. The van der Waals surface area contributed by atoms with Crippen molar-refractivity contribution in [3.63, 3.8) is 0 Å². The molecule has 1 unspecified atom stereocenters. The summed E-state index contributed by atoms with van der Waals surface area (Å²) in [5.74, 6) is 0.793. The number of likely N-dealkylation sites (tertiary alicyclic amines) is 1. The fraction of sp³-hybridized carbons (Fsp3) is 0.704. The molecule has 6 heteroatoms. The highest BCUT2D eigenvalue weighted by Gasteiger charge is 2.53. The molecular formula is C27H41N3O3. The lowest BCUT2D eigenvalue weighted by Crippen LogP contribution is -2.73. The zero-order chi connectivity index (χ0) is 23.3. The molecule has 2 aliphatic heterocycles. The Morgan fingerprint density at radius 1 is 1.03 bits per heavy atom. The van der Waals surface area contributed by atoms with E-state index in [0.29, 0.717) is 25.3 Å². The van der Waals surface area contributed by atoms with Crippen LogP contribution in [0.5, 0.6) is 0 Å². The molecule has 1 aromatic carbocycles. The second kappa shape index (κ2) is 11.0. The number of carbonyl (C=O) groups is 2. The molecule has 182 valence electrons. The second-order valence-electron chi connectivity index (χ2n) is 10.4. The third kappa shape index (κ3) is 5.43. The Morgan fingerprint density at radius 3 is 2.33 bits per heavy atom. The monoisotopic (exact) mass is 455 g/mol. The van der Waals surface area contributed by atoms with Crippen molar-refractivity contribution in [2.24, 2.45) is 5.92 Å². The van der Waals surface area contributed by atoms with Gasteiger partial charge < -0.3 is 15.3 Å². The van der Waals surface area contributed by atoms with Crippen LogP contribution in [-0.2, 0) is 22.7 Å². The van der Waals surface area contributed by atoms with Crippen molar-refractivity contribution in [2.45, 2.75) is 95.9 Å². The summed E-state index contributed by atoms with van der Waals surface area (Å²) in [6.45, 7) is 5.33. The SMILES string of the molecule is CCCCN1C(=O)C(CC2CCCCC2)NC(=O)C12CCN(Cc1ccc(CO)cc1)CC2. The lowest BCUT2D eigenvalue weighted by atomic mass is 9.79. The van der Waals surface area contributed by atoms with E-state index in [1.807, 2.05) is 17.0 Å². The van der Waals surface area contributed by atoms with Gasteiger partial charge in [0.1, 0.15) is 11.6 Å². The Bertz CT molecular complexity index is 795. The molecule has 3 aliphatic rings. The fourth-order valence-electron chi connectivity index (χ4n) is 6.02. The van der Waals surface area contributed by atoms with Crippen molar-refractivity contribution >= 4 is 11.8 Å². The van der Waals surface area contributed by atoms with Crippen LogP contribution in [0.1, 0.15) is 82.3 Å². The summed E-state index contributed by atoms with van der Waals surface area (Å²) in [5.41, 5.74) is 1.44. The summed E-state index contributed by atoms with van der Waals surface area (Å²) in [6, 6.07) is 7.72. The smallest absolute Gasteiger partial charge is 0.246 e. The van der Waals surface area contributed by atoms with Crippen molar-refractivity contribution in [1.29, 1.82) is 0 Å². The van der Waals surface area contributed by atoms with Crippen LogP contribution in [0.3, 0.4) is 0 Å². The van der Waals surface area contributed by atoms with Gasteiger partial charge >= 0.3 is 0 Å². The van der Waals surface area contributed by atoms with Crippen LogP contribution in [0, 0.1) is 5.92 Å². The molecule has 2 amide bonds. The number of aliphatic hydroxyl groups is 1. The first-order chi connectivity index (χ1) is 16.1. The van der Waals surface area contributed by atoms with Crippen LogP contribution in [0.4, 0.5) is 0 Å². The minimum absolute atomic E-state index is 0.0605. The molecule has 1 aliphatic carbocycles. The molecule has 4 rings (SSSR count). The first-order valence-corrected chi connectivity index (χ1v) is 13.1. The summed E-state index contributed by atoms with van der Waals surface area (Å²) in [5, 5.41) is 12.4. The average molecular weight is 456 g/mol. The number of unbranched alkanes of at least 4 members (excludes halogenated alkanes) is 1. The Morgan fingerprint density at radius 2 is 1.70 bits per heavy atom. The largest absolute Gasteiger partial charge is 0.392 e. The maximum Gasteiger partial charge on any atom is 0.246 e. The van der Waals surface area contributed by atoms with Crippen molar-refractivity contribution in [1.82, 2.24) is 15.1 Å². The molecule has 0 radical (unpaired) electrons. The normalized spacial score (nSPS) is 24.3. The topological polar surface area (TPSA) is 72.9 Å². The van der Waals surface area contributed by atoms with Gasteiger partial charge in [-0.3, -0.25) is 14.5 Å². The summed E-state index contributed by atoms with van der Waals surface area (Å²) >= 11 is 0. The van der Waals surface area contributed by atoms with E-state index in [1.165, 1.54) is 37.7 Å². The quantitative estimate of drug-likeness (QED) is 0.628. The number of piperidine rings is 1. The van der Waals surface area contributed by atoms with Gasteiger partial charge in [0.15, 0.2) is 0 Å². The van der Waals surface area contributed by atoms with Crippen LogP contribution < -0.4 is 5.32 Å². The van der Waals surface area contributed by atoms with Crippen LogP contribution in [0.25, 0.3) is 0 Å². The molecule has 1 spiro atoms. The highest BCUT2D eigenvalue weighted by molar-refractivity contribution is 6.00. The van der Waals surface area contributed by atoms with Gasteiger partial charge in [0.25, 0.3) is 0 Å². The van der Waals surface area contributed by atoms with E-state index in [1.54, 1.807) is 0 Å². The highest BCUT2D eigenvalue weighted by atomic mass is 16.3. The number of hydrogen-bond donors (Lipinski definition) is 2. The number of benzene rings is 1. The number of rotatable bonds is 8. The number of hydrogen-bond acceptors (Lipinski definition) is 4. The molecule has 1 aromatic rings. The Balaban J connectivity index is 1.42. The number of carbonyl (C=O) groups excluding carboxylic acids is 2. The van der Waals surface area contributed by atoms with E-state index in [4.69, 9.17) is 0 Å². The van der Waals surface area contributed by atoms with Crippen molar-refractivity contribution in [2.75, 3.05) is 19.6 Å². The third-order valence-electron chi connectivity index (χ3n) is 8.13. The zero-order valence-corrected chi connectivity index (χ0v) is 20.2. The van der Waals surface area contributed by atoms with Crippen molar-refractivity contribution in [3.05, 3.63) is 35.4 Å². The van der Waals surface area contributed by atoms with Gasteiger partial charge in [-0.15, -0.1) is 0 Å². The van der Waals surface area contributed by atoms with Gasteiger partial charge in [-0.05, 0) is 42.7 Å². The van der Waals surface area contributed by atoms with Crippen LogP contribution >= 0.6 is 0 Å². The Kier molecular flexibility index (Phi) is 8.07. The van der Waals surface area contributed by atoms with E-state index < -0.39 is 5.54 Å². The van der Waals surface area contributed by atoms with Crippen LogP contribution in [0.2, 0.25) is 0 Å². The number of aliphatic hydroxyl groups excluding tert-OH is 1. The minimum Gasteiger partial charge on any atom is -0.392 e. The lowest BCUT2D eigenvalue weighted by Gasteiger charge is -2.52. The molecule has 1 saturated carbocycles. The van der Waals surface area contributed by atoms with E-state index in [0.717, 1.165) is 44.5 Å². The number of nitrogens with one attached hydrogen (secondary N) is 1. The lowest BCUT2D eigenvalue weighted by molar-refractivity contribution is -0.162. The molecular weight excluding hydrogens is 414 g/mol. The highest BCUT2D eigenvalue weighted by Crippen LogP contribution is 2.36. The fourth-order valence-corrected chi connectivity index (χ4v) is 6.02. The third-order valence-corrected chi connectivity index (χ3v) is 8.13. The molecule has 2 N–H and O–H groups in total. The molecule has 0 bridgehead atoms. The molecule has 2 saturated heterocycles. The minimum atomic E-state index is -0.688. The van der Waals surface area contributed by atoms with E-state index in [-0.39, 0.29) is 24.5 Å². The molecule has 1 atom stereocenters. The molecule has 0 aromatic heterocycles. The Hall–Kier alpha value is -1.92. The number of piperazine rings is 1. The van der Waals surface area contributed by atoms with E-state index >= 15 is 0 Å². The predicted molar refractivity (Wildman–Crippen MR) is 129 cm³/mol. The number of nitrogens with zero attached hydrogens (tertiary/aromatic N) is 2. The predicted octanol–water partition coefficient (Wildman–Crippen LogP) is 3.61. The van der Waals surface area contributed by atoms with Crippen molar-refractivity contribution in [3.8, 4) is 0 Å². The summed E-state index contributed by atoms with van der Waals surface area (Å²) in [4.78, 5) is 31.5. The standard InChI is InChI=1S/C27H41N3O3/c1-2-3-15-30-25(32)24(18-21-7-5-4-6-8-21)28-26(33)27(30)13-16-29(17-14-27)19-22-9-11-23(20-31)12-10-22/h9-12,21,24,31H,2-8,13-20H2,1H3,(H,28,33). The van der Waals surface area contributed by atoms with Crippen molar-refractivity contribution < 1.29 is 14.7 Å². The Labute approximate surface area is 198 Å². The molecule has 2 heterocycles. The maximum atomic E-state index is 13.6. The molecule has 33 heavy (non-hydrogen) atoms. The van der Waals surface area contributed by atoms with E-state index in [9.17, 15) is 14.7 Å². The zero-order valence-electron chi connectivity index (χ0n) is 20.2. The first kappa shape index (κ1) is 24.2. The maximum absolute atomic E-state index is 13.6. The van der Waals surface area contributed by atoms with Gasteiger partial charge in [0.05, 0.1) is 6.61 Å². The van der Waals surface area contributed by atoms with Crippen LogP contribution in [0.15, 0.2) is 24.3 Å². The van der Waals surface area contributed by atoms with Gasteiger partial charge in [-0.1, -0.05) is 69.7 Å². The van der Waals surface area contributed by atoms with Gasteiger partial charge in [0.2, 0.25) is 11.8 Å². The first-order valence-electron chi connectivity index (χ1n) is 13.1. The van der Waals surface area contributed by atoms with Crippen LogP contribution in [-0.4, -0.2) is 57.9 Å². The summed E-state index contributed by atoms with van der Waals surface area (Å²) < 4.78 is 0. The van der Waals surface area contributed by atoms with E-state index in [2.05, 4.69) is 29.3 Å². The average Bonchev–Trinajstić information content (AvgIpc) is 2.85. The molecule has 3 fully saturated rings. The second-order valence-corrected chi connectivity index (χ2v) is 10.4. The number of amides is 2. The van der Waals surface area contributed by atoms with Gasteiger partial charge in [0, 0.05) is 26.2 Å². The van der Waals surface area contributed by atoms with Gasteiger partial charge in [-0.2, -0.15) is 0 Å².